The van der Waals surface area contributed by atoms with Crippen LogP contribution in [0.3, 0.4) is 0 Å². The first-order valence-corrected chi connectivity index (χ1v) is 2.70. The van der Waals surface area contributed by atoms with Crippen LogP contribution in [0, 0.1) is 0 Å². The predicted molar refractivity (Wildman–Crippen MR) is 27.2 cm³/mol. The summed E-state index contributed by atoms with van der Waals surface area (Å²) in [6.45, 7) is 0. The third kappa shape index (κ3) is 10.4. The molecule has 12 heavy (non-hydrogen) atoms. The number of carbonyl (C=O) groups is 2. The van der Waals surface area contributed by atoms with Crippen LogP contribution >= 0.6 is 0 Å². The summed E-state index contributed by atoms with van der Waals surface area (Å²) in [5.41, 5.74) is 4.91. The molecule has 0 aromatic heterocycles. The van der Waals surface area contributed by atoms with Gasteiger partial charge in [0.25, 0.3) is 0 Å². The average Bonchev–Trinajstić information content (AvgIpc) is 1.82. The Kier molecular flexibility index (Phi) is 14.4. The Morgan fingerprint density at radius 3 is 1.92 bits per heavy atom. The molecule has 0 bridgehead atoms. The second-order valence-corrected chi connectivity index (χ2v) is 1.84. The molecule has 2 N–H and O–H groups in total. The molecule has 5 nitrogen and oxygen atoms in total. The van der Waals surface area contributed by atoms with Crippen molar-refractivity contribution in [2.45, 2.75) is 18.9 Å². The minimum Gasteiger partial charge on any atom is -0.550 e. The molecule has 0 radical (unpaired) electrons. The van der Waals surface area contributed by atoms with Gasteiger partial charge in [-0.05, 0) is 12.8 Å². The number of carboxylic acid groups (broad SMARTS) is 2. The molecule has 0 spiro atoms. The SMILES string of the molecule is NC(CCC(=O)[O-])C(=O)[O-].[Ag+].[Ag+]. The summed E-state index contributed by atoms with van der Waals surface area (Å²) in [6, 6.07) is -1.21. The molecular weight excluding hydrogens is 354 g/mol. The second-order valence-electron chi connectivity index (χ2n) is 1.84. The van der Waals surface area contributed by atoms with Crippen LogP contribution in [-0.2, 0) is 54.3 Å². The van der Waals surface area contributed by atoms with Crippen molar-refractivity contribution in [1.29, 1.82) is 0 Å². The van der Waals surface area contributed by atoms with Crippen LogP contribution in [0.2, 0.25) is 0 Å². The minimum absolute atomic E-state index is 0. The van der Waals surface area contributed by atoms with E-state index in [9.17, 15) is 19.8 Å². The Bertz CT molecular complexity index is 152. The van der Waals surface area contributed by atoms with Crippen molar-refractivity contribution in [2.75, 3.05) is 0 Å². The molecule has 0 rings (SSSR count). The number of rotatable bonds is 4. The summed E-state index contributed by atoms with van der Waals surface area (Å²) in [4.78, 5) is 19.6. The third-order valence-corrected chi connectivity index (χ3v) is 0.962. The first kappa shape index (κ1) is 18.2. The largest absolute Gasteiger partial charge is 1.00 e. The third-order valence-electron chi connectivity index (χ3n) is 0.962. The first-order valence-electron chi connectivity index (χ1n) is 2.70. The molecule has 1 unspecified atom stereocenters. The summed E-state index contributed by atoms with van der Waals surface area (Å²) < 4.78 is 0. The van der Waals surface area contributed by atoms with E-state index in [1.165, 1.54) is 0 Å². The van der Waals surface area contributed by atoms with Crippen LogP contribution in [0.4, 0.5) is 0 Å². The molecule has 7 heteroatoms. The predicted octanol–water partition coefficient (Wildman–Crippen LogP) is -3.41. The fourth-order valence-electron chi connectivity index (χ4n) is 0.391. The van der Waals surface area contributed by atoms with Crippen LogP contribution in [0.25, 0.3) is 0 Å². The standard InChI is InChI=1S/C5H9NO4.2Ag/c6-3(5(9)10)1-2-4(7)8;;/h3H,1-2,6H2,(H,7,8)(H,9,10);;/q;2*+1/p-2. The van der Waals surface area contributed by atoms with Crippen molar-refractivity contribution in [2.24, 2.45) is 5.73 Å². The molecule has 0 saturated heterocycles. The molecule has 0 aliphatic rings. The fourth-order valence-corrected chi connectivity index (χ4v) is 0.391. The van der Waals surface area contributed by atoms with Crippen molar-refractivity contribution in [1.82, 2.24) is 0 Å². The van der Waals surface area contributed by atoms with E-state index in [1.807, 2.05) is 0 Å². The Morgan fingerprint density at radius 2 is 1.67 bits per heavy atom. The van der Waals surface area contributed by atoms with E-state index in [4.69, 9.17) is 5.73 Å². The minimum atomic E-state index is -1.44. The quantitative estimate of drug-likeness (QED) is 0.526. The van der Waals surface area contributed by atoms with Gasteiger partial charge in [-0.3, -0.25) is 0 Å². The number of nitrogens with two attached hydrogens (primary N) is 1. The molecule has 0 aromatic carbocycles. The van der Waals surface area contributed by atoms with E-state index in [0.717, 1.165) is 0 Å². The van der Waals surface area contributed by atoms with Crippen LogP contribution in [-0.4, -0.2) is 18.0 Å². The van der Waals surface area contributed by atoms with Crippen molar-refractivity contribution in [3.05, 3.63) is 0 Å². The van der Waals surface area contributed by atoms with Crippen LogP contribution < -0.4 is 15.9 Å². The Labute approximate surface area is 101 Å². The van der Waals surface area contributed by atoms with E-state index in [1.54, 1.807) is 0 Å². The Balaban J connectivity index is -0.000000405. The van der Waals surface area contributed by atoms with Gasteiger partial charge in [-0.15, -0.1) is 0 Å². The molecule has 0 aliphatic heterocycles. The van der Waals surface area contributed by atoms with Gasteiger partial charge in [0.1, 0.15) is 0 Å². The van der Waals surface area contributed by atoms with E-state index in [0.29, 0.717) is 0 Å². The van der Waals surface area contributed by atoms with E-state index >= 15 is 0 Å². The maximum absolute atomic E-state index is 9.86. The summed E-state index contributed by atoms with van der Waals surface area (Å²) in [5.74, 6) is -2.75. The molecule has 78 valence electrons. The van der Waals surface area contributed by atoms with Crippen molar-refractivity contribution in [3.63, 3.8) is 0 Å². The van der Waals surface area contributed by atoms with Gasteiger partial charge in [0, 0.05) is 12.0 Å². The molecule has 0 amide bonds. The zero-order valence-corrected chi connectivity index (χ0v) is 8.77. The maximum atomic E-state index is 9.86. The van der Waals surface area contributed by atoms with Gasteiger partial charge in [0.05, 0.1) is 5.97 Å². The van der Waals surface area contributed by atoms with Crippen molar-refractivity contribution < 1.29 is 64.6 Å². The monoisotopic (exact) mass is 359 g/mol. The zero-order valence-electron chi connectivity index (χ0n) is 5.80. The maximum Gasteiger partial charge on any atom is 1.00 e. The summed E-state index contributed by atoms with van der Waals surface area (Å²) in [5, 5.41) is 19.6. The van der Waals surface area contributed by atoms with Crippen LogP contribution in [0.1, 0.15) is 12.8 Å². The Morgan fingerprint density at radius 1 is 1.25 bits per heavy atom. The number of hydrogen-bond donors (Lipinski definition) is 1. The molecule has 1 atom stereocenters. The number of aliphatic carboxylic acids is 2. The molecule has 0 fully saturated rings. The van der Waals surface area contributed by atoms with Gasteiger partial charge >= 0.3 is 44.8 Å². The van der Waals surface area contributed by atoms with Gasteiger partial charge in [0.15, 0.2) is 0 Å². The first-order chi connectivity index (χ1) is 4.54. The van der Waals surface area contributed by atoms with E-state index < -0.39 is 18.0 Å². The molecule has 0 aliphatic carbocycles. The fraction of sp³-hybridized carbons (Fsp3) is 0.600. The van der Waals surface area contributed by atoms with Crippen LogP contribution in [0.5, 0.6) is 0 Å². The van der Waals surface area contributed by atoms with Crippen LogP contribution in [0.15, 0.2) is 0 Å². The van der Waals surface area contributed by atoms with Gasteiger partial charge in [-0.2, -0.15) is 0 Å². The number of carboxylic acids is 2. The molecule has 0 aromatic rings. The molecular formula is C5H7Ag2NO4. The van der Waals surface area contributed by atoms with Gasteiger partial charge in [-0.25, -0.2) is 0 Å². The number of hydrogen-bond acceptors (Lipinski definition) is 5. The van der Waals surface area contributed by atoms with Crippen molar-refractivity contribution >= 4 is 11.9 Å². The average molecular weight is 361 g/mol. The van der Waals surface area contributed by atoms with Gasteiger partial charge < -0.3 is 25.5 Å². The van der Waals surface area contributed by atoms with Crippen molar-refractivity contribution in [3.8, 4) is 0 Å². The smallest absolute Gasteiger partial charge is 0.550 e. The van der Waals surface area contributed by atoms with E-state index in [-0.39, 0.29) is 57.6 Å². The molecule has 0 saturated carbocycles. The van der Waals surface area contributed by atoms with Gasteiger partial charge in [-0.1, -0.05) is 0 Å². The summed E-state index contributed by atoms with van der Waals surface area (Å²) in [6.07, 6.45) is -0.500. The second kappa shape index (κ2) is 9.47. The van der Waals surface area contributed by atoms with E-state index in [2.05, 4.69) is 0 Å². The number of carbonyl (C=O) groups excluding carboxylic acids is 2. The molecule has 0 heterocycles. The van der Waals surface area contributed by atoms with Gasteiger partial charge in [0.2, 0.25) is 0 Å². The zero-order chi connectivity index (χ0) is 8.15. The topological polar surface area (TPSA) is 106 Å². The normalized spacial score (nSPS) is 10.4. The Hall–Kier alpha value is 0.381. The summed E-state index contributed by atoms with van der Waals surface area (Å²) in [7, 11) is 0. The summed E-state index contributed by atoms with van der Waals surface area (Å²) >= 11 is 0.